The van der Waals surface area contributed by atoms with Crippen molar-refractivity contribution in [2.45, 2.75) is 70.1 Å². The minimum atomic E-state index is -1.42. The molecule has 0 aromatic rings. The molecule has 164 valence electrons. The van der Waals surface area contributed by atoms with Gasteiger partial charge in [-0.3, -0.25) is 15.0 Å². The molecule has 9 nitrogen and oxygen atoms in total. The number of unbranched alkanes of at least 4 members (excludes halogenated alkanes) is 1. The Morgan fingerprint density at radius 1 is 1.45 bits per heavy atom. The van der Waals surface area contributed by atoms with Crippen LogP contribution in [0.5, 0.6) is 0 Å². The monoisotopic (exact) mass is 411 g/mol. The Hall–Kier alpha value is -1.78. The standard InChI is InChI=1S/C20H33N3O6/c1-4-5-6-9-20(14(21)8-7-12(2)3)11-23(19(28)22-18(20)27)17-16(26)15(25)13(10-24)29-17/h6,9,13-17,24-26H,2,4-5,7-8,10-11,21H2,1,3H3,(H,22,27,28)/t13-,14?,15-,16-,17-,20?/m1/s1. The van der Waals surface area contributed by atoms with Crippen LogP contribution in [0.2, 0.25) is 0 Å². The molecule has 3 amide bonds. The number of imide groups is 1. The lowest BCUT2D eigenvalue weighted by Gasteiger charge is -2.45. The lowest BCUT2D eigenvalue weighted by atomic mass is 9.75. The van der Waals surface area contributed by atoms with Gasteiger partial charge in [0.15, 0.2) is 6.23 Å². The largest absolute Gasteiger partial charge is 0.394 e. The van der Waals surface area contributed by atoms with Crippen molar-refractivity contribution in [2.75, 3.05) is 13.2 Å². The summed E-state index contributed by atoms with van der Waals surface area (Å²) < 4.78 is 5.50. The number of carbonyl (C=O) groups excluding carboxylic acids is 2. The first-order chi connectivity index (χ1) is 13.7. The number of aliphatic hydroxyl groups is 3. The molecule has 2 fully saturated rings. The van der Waals surface area contributed by atoms with Crippen LogP contribution in [0.4, 0.5) is 4.79 Å². The van der Waals surface area contributed by atoms with Crippen LogP contribution >= 0.6 is 0 Å². The van der Waals surface area contributed by atoms with E-state index in [9.17, 15) is 24.9 Å². The summed E-state index contributed by atoms with van der Waals surface area (Å²) in [5.41, 5.74) is 6.16. The number of nitrogens with one attached hydrogen (secondary N) is 1. The Morgan fingerprint density at radius 2 is 2.14 bits per heavy atom. The zero-order valence-corrected chi connectivity index (χ0v) is 17.1. The Balaban J connectivity index is 2.35. The first-order valence-corrected chi connectivity index (χ1v) is 10.00. The highest BCUT2D eigenvalue weighted by Gasteiger charge is 2.54. The van der Waals surface area contributed by atoms with Crippen molar-refractivity contribution in [3.05, 3.63) is 24.3 Å². The lowest BCUT2D eigenvalue weighted by Crippen LogP contribution is -2.68. The summed E-state index contributed by atoms with van der Waals surface area (Å²) in [7, 11) is 0. The highest BCUT2D eigenvalue weighted by Crippen LogP contribution is 2.35. The number of carbonyl (C=O) groups is 2. The molecule has 0 aliphatic carbocycles. The van der Waals surface area contributed by atoms with Gasteiger partial charge < -0.3 is 25.8 Å². The maximum absolute atomic E-state index is 12.9. The second-order valence-corrected chi connectivity index (χ2v) is 7.95. The third-order valence-electron chi connectivity index (χ3n) is 5.57. The molecule has 2 heterocycles. The summed E-state index contributed by atoms with van der Waals surface area (Å²) >= 11 is 0. The summed E-state index contributed by atoms with van der Waals surface area (Å²) in [6, 6.07) is -1.35. The fourth-order valence-electron chi connectivity index (χ4n) is 3.71. The van der Waals surface area contributed by atoms with Gasteiger partial charge in [0.25, 0.3) is 0 Å². The van der Waals surface area contributed by atoms with Gasteiger partial charge in [-0.15, -0.1) is 6.58 Å². The van der Waals surface area contributed by atoms with Crippen LogP contribution in [-0.2, 0) is 9.53 Å². The minimum absolute atomic E-state index is 0.109. The van der Waals surface area contributed by atoms with Gasteiger partial charge >= 0.3 is 6.03 Å². The van der Waals surface area contributed by atoms with Gasteiger partial charge in [-0.25, -0.2) is 4.79 Å². The van der Waals surface area contributed by atoms with Crippen molar-refractivity contribution in [3.8, 4) is 0 Å². The van der Waals surface area contributed by atoms with Crippen molar-refractivity contribution in [3.63, 3.8) is 0 Å². The maximum atomic E-state index is 12.9. The second kappa shape index (κ2) is 9.82. The van der Waals surface area contributed by atoms with E-state index in [0.717, 1.165) is 18.4 Å². The van der Waals surface area contributed by atoms with Crippen LogP contribution < -0.4 is 11.1 Å². The van der Waals surface area contributed by atoms with E-state index in [1.54, 1.807) is 6.08 Å². The lowest BCUT2D eigenvalue weighted by molar-refractivity contribution is -0.138. The second-order valence-electron chi connectivity index (χ2n) is 7.95. The number of hydrogen-bond donors (Lipinski definition) is 5. The zero-order valence-electron chi connectivity index (χ0n) is 17.1. The minimum Gasteiger partial charge on any atom is -0.394 e. The Kier molecular flexibility index (Phi) is 7.95. The van der Waals surface area contributed by atoms with Gasteiger partial charge in [0.1, 0.15) is 23.7 Å². The first kappa shape index (κ1) is 23.5. The van der Waals surface area contributed by atoms with Crippen LogP contribution in [0.15, 0.2) is 24.3 Å². The van der Waals surface area contributed by atoms with Crippen LogP contribution in [-0.4, -0.2) is 75.9 Å². The number of amides is 3. The highest BCUT2D eigenvalue weighted by atomic mass is 16.6. The smallest absolute Gasteiger partial charge is 0.326 e. The van der Waals surface area contributed by atoms with Gasteiger partial charge in [0.05, 0.1) is 6.61 Å². The summed E-state index contributed by atoms with van der Waals surface area (Å²) in [6.45, 7) is 7.14. The molecule has 2 aliphatic rings. The van der Waals surface area contributed by atoms with E-state index in [1.165, 1.54) is 4.90 Å². The van der Waals surface area contributed by atoms with E-state index in [1.807, 2.05) is 19.9 Å². The summed E-state index contributed by atoms with van der Waals surface area (Å²) in [6.07, 6.45) is 1.33. The number of rotatable bonds is 9. The van der Waals surface area contributed by atoms with Gasteiger partial charge in [0.2, 0.25) is 5.91 Å². The topological polar surface area (TPSA) is 145 Å². The van der Waals surface area contributed by atoms with E-state index in [0.29, 0.717) is 12.8 Å². The van der Waals surface area contributed by atoms with E-state index < -0.39 is 54.5 Å². The molecule has 2 aliphatic heterocycles. The Labute approximate surface area is 171 Å². The number of allylic oxidation sites excluding steroid dienone is 2. The predicted octanol–water partition coefficient (Wildman–Crippen LogP) is 0.00350. The van der Waals surface area contributed by atoms with Gasteiger partial charge in [-0.1, -0.05) is 31.1 Å². The number of nitrogens with zero attached hydrogens (tertiary/aromatic N) is 1. The third kappa shape index (κ3) is 4.87. The molecule has 0 radical (unpaired) electrons. The molecule has 0 saturated carbocycles. The highest BCUT2D eigenvalue weighted by molar-refractivity contribution is 6.01. The molecule has 0 aromatic heterocycles. The van der Waals surface area contributed by atoms with Crippen LogP contribution in [0.3, 0.4) is 0 Å². The fraction of sp³-hybridized carbons (Fsp3) is 0.700. The van der Waals surface area contributed by atoms with E-state index in [4.69, 9.17) is 10.5 Å². The first-order valence-electron chi connectivity index (χ1n) is 10.00. The molecular formula is C20H33N3O6. The molecular weight excluding hydrogens is 378 g/mol. The van der Waals surface area contributed by atoms with Crippen molar-refractivity contribution < 1.29 is 29.6 Å². The maximum Gasteiger partial charge on any atom is 0.326 e. The number of nitrogens with two attached hydrogens (primary N) is 1. The van der Waals surface area contributed by atoms with Gasteiger partial charge in [0, 0.05) is 12.6 Å². The average Bonchev–Trinajstić information content (AvgIpc) is 2.96. The predicted molar refractivity (Wildman–Crippen MR) is 107 cm³/mol. The average molecular weight is 411 g/mol. The molecule has 6 N–H and O–H groups in total. The Morgan fingerprint density at radius 3 is 2.69 bits per heavy atom. The normalized spacial score (nSPS) is 33.9. The summed E-state index contributed by atoms with van der Waals surface area (Å²) in [5, 5.41) is 32.0. The summed E-state index contributed by atoms with van der Waals surface area (Å²) in [5.74, 6) is -0.507. The molecule has 0 aromatic carbocycles. The number of ether oxygens (including phenoxy) is 1. The van der Waals surface area contributed by atoms with Crippen LogP contribution in [0, 0.1) is 5.41 Å². The molecule has 0 spiro atoms. The number of hydrogen-bond acceptors (Lipinski definition) is 7. The van der Waals surface area contributed by atoms with Crippen LogP contribution in [0.1, 0.15) is 39.5 Å². The number of aliphatic hydroxyl groups excluding tert-OH is 3. The van der Waals surface area contributed by atoms with Crippen LogP contribution in [0.25, 0.3) is 0 Å². The quantitative estimate of drug-likeness (QED) is 0.336. The molecule has 29 heavy (non-hydrogen) atoms. The number of urea groups is 1. The third-order valence-corrected chi connectivity index (χ3v) is 5.57. The molecule has 2 rings (SSSR count). The SMILES string of the molecule is C=C(C)CCC(N)C1(C=CCCC)CN([C@@H]2O[C@H](CO)[C@@H](O)[C@H]2O)C(=O)NC1=O. The molecule has 0 bridgehead atoms. The van der Waals surface area contributed by atoms with Gasteiger partial charge in [-0.05, 0) is 26.2 Å². The van der Waals surface area contributed by atoms with Crippen molar-refractivity contribution in [1.82, 2.24) is 10.2 Å². The van der Waals surface area contributed by atoms with E-state index in [2.05, 4.69) is 11.9 Å². The molecule has 2 unspecified atom stereocenters. The van der Waals surface area contributed by atoms with Gasteiger partial charge in [-0.2, -0.15) is 0 Å². The van der Waals surface area contributed by atoms with Crippen molar-refractivity contribution in [1.29, 1.82) is 0 Å². The molecule has 2 saturated heterocycles. The Bertz CT molecular complexity index is 654. The van der Waals surface area contributed by atoms with Crippen molar-refractivity contribution in [2.24, 2.45) is 11.1 Å². The zero-order chi connectivity index (χ0) is 21.8. The van der Waals surface area contributed by atoms with Crippen molar-refractivity contribution >= 4 is 11.9 Å². The molecule has 6 atom stereocenters. The van der Waals surface area contributed by atoms with E-state index in [-0.39, 0.29) is 6.54 Å². The van der Waals surface area contributed by atoms with E-state index >= 15 is 0 Å². The fourth-order valence-corrected chi connectivity index (χ4v) is 3.71. The molecule has 9 heteroatoms. The summed E-state index contributed by atoms with van der Waals surface area (Å²) in [4.78, 5) is 26.6.